The number of nitrogens with one attached hydrogen (secondary N) is 1. The summed E-state index contributed by atoms with van der Waals surface area (Å²) in [6, 6.07) is 23.2. The average Bonchev–Trinajstić information content (AvgIpc) is 2.69. The van der Waals surface area contributed by atoms with Crippen LogP contribution >= 0.6 is 15.9 Å². The van der Waals surface area contributed by atoms with Crippen molar-refractivity contribution < 1.29 is 9.53 Å². The predicted molar refractivity (Wildman–Crippen MR) is 108 cm³/mol. The molecule has 3 rings (SSSR count). The Bertz CT molecular complexity index is 923. The molecule has 0 saturated heterocycles. The van der Waals surface area contributed by atoms with Crippen LogP contribution in [0.2, 0.25) is 0 Å². The maximum Gasteiger partial charge on any atom is 0.271 e. The van der Waals surface area contributed by atoms with Gasteiger partial charge >= 0.3 is 0 Å². The lowest BCUT2D eigenvalue weighted by atomic mass is 10.0. The van der Waals surface area contributed by atoms with E-state index in [1.165, 1.54) is 0 Å². The maximum atomic E-state index is 12.1. The van der Waals surface area contributed by atoms with E-state index in [1.807, 2.05) is 42.5 Å². The quantitative estimate of drug-likeness (QED) is 0.482. The number of hydrazone groups is 1. The van der Waals surface area contributed by atoms with E-state index in [0.29, 0.717) is 15.8 Å². The Kier molecular flexibility index (Phi) is 5.81. The summed E-state index contributed by atoms with van der Waals surface area (Å²) >= 11 is 3.36. The summed E-state index contributed by atoms with van der Waals surface area (Å²) in [5.41, 5.74) is 6.22. The molecule has 1 amide bonds. The Hall–Kier alpha value is -2.92. The summed E-state index contributed by atoms with van der Waals surface area (Å²) in [4.78, 5) is 12.1. The van der Waals surface area contributed by atoms with Crippen LogP contribution in [-0.4, -0.2) is 19.2 Å². The number of benzene rings is 3. The Morgan fingerprint density at radius 2 is 1.69 bits per heavy atom. The van der Waals surface area contributed by atoms with Crippen molar-refractivity contribution in [2.45, 2.75) is 0 Å². The van der Waals surface area contributed by atoms with Crippen LogP contribution in [0.1, 0.15) is 15.9 Å². The normalized spacial score (nSPS) is 10.7. The van der Waals surface area contributed by atoms with Gasteiger partial charge in [0.1, 0.15) is 5.75 Å². The monoisotopic (exact) mass is 408 g/mol. The molecule has 0 radical (unpaired) electrons. The molecule has 0 aliphatic rings. The molecule has 4 nitrogen and oxygen atoms in total. The summed E-state index contributed by atoms with van der Waals surface area (Å²) in [7, 11) is 1.58. The van der Waals surface area contributed by atoms with Crippen LogP contribution in [0, 0.1) is 0 Å². The van der Waals surface area contributed by atoms with Crippen LogP contribution in [0.5, 0.6) is 5.75 Å². The molecule has 3 aromatic carbocycles. The highest BCUT2D eigenvalue weighted by atomic mass is 79.9. The first-order valence-corrected chi connectivity index (χ1v) is 8.79. The second-order valence-corrected chi connectivity index (χ2v) is 6.39. The largest absolute Gasteiger partial charge is 0.496 e. The van der Waals surface area contributed by atoms with Gasteiger partial charge in [-0.15, -0.1) is 0 Å². The van der Waals surface area contributed by atoms with E-state index >= 15 is 0 Å². The van der Waals surface area contributed by atoms with Crippen molar-refractivity contribution in [3.05, 3.63) is 88.4 Å². The van der Waals surface area contributed by atoms with Crippen molar-refractivity contribution >= 4 is 28.1 Å². The zero-order valence-electron chi connectivity index (χ0n) is 14.1. The number of amides is 1. The lowest BCUT2D eigenvalue weighted by Crippen LogP contribution is -2.17. The van der Waals surface area contributed by atoms with Gasteiger partial charge in [-0.2, -0.15) is 5.10 Å². The molecule has 0 spiro atoms. The number of ether oxygens (including phenoxy) is 1. The number of nitrogens with zero attached hydrogens (tertiary/aromatic N) is 1. The lowest BCUT2D eigenvalue weighted by molar-refractivity contribution is 0.0955. The van der Waals surface area contributed by atoms with Crippen molar-refractivity contribution in [1.29, 1.82) is 0 Å². The van der Waals surface area contributed by atoms with E-state index < -0.39 is 0 Å². The van der Waals surface area contributed by atoms with Gasteiger partial charge in [0.05, 0.1) is 17.8 Å². The summed E-state index contributed by atoms with van der Waals surface area (Å²) in [5.74, 6) is 0.383. The molecule has 0 heterocycles. The third-order valence-corrected chi connectivity index (χ3v) is 4.43. The minimum absolute atomic E-state index is 0.287. The lowest BCUT2D eigenvalue weighted by Gasteiger charge is -2.05. The minimum atomic E-state index is -0.287. The number of hydrogen-bond donors (Lipinski definition) is 1. The van der Waals surface area contributed by atoms with Crippen molar-refractivity contribution in [1.82, 2.24) is 5.43 Å². The Morgan fingerprint density at radius 1 is 1.00 bits per heavy atom. The fourth-order valence-electron chi connectivity index (χ4n) is 2.43. The Morgan fingerprint density at radius 3 is 2.35 bits per heavy atom. The van der Waals surface area contributed by atoms with E-state index in [9.17, 15) is 4.79 Å². The van der Waals surface area contributed by atoms with Gasteiger partial charge < -0.3 is 4.74 Å². The summed E-state index contributed by atoms with van der Waals surface area (Å²) in [6.07, 6.45) is 1.62. The molecule has 3 aromatic rings. The van der Waals surface area contributed by atoms with E-state index in [0.717, 1.165) is 16.7 Å². The zero-order valence-corrected chi connectivity index (χ0v) is 15.7. The van der Waals surface area contributed by atoms with Gasteiger partial charge in [0.25, 0.3) is 5.91 Å². The second-order valence-electron chi connectivity index (χ2n) is 5.54. The first-order chi connectivity index (χ1) is 12.7. The Labute approximate surface area is 160 Å². The molecule has 0 aliphatic heterocycles. The second kappa shape index (κ2) is 8.45. The molecule has 1 N–H and O–H groups in total. The molecule has 5 heteroatoms. The predicted octanol–water partition coefficient (Wildman–Crippen LogP) is 4.89. The molecule has 0 fully saturated rings. The molecule has 0 aliphatic carbocycles. The van der Waals surface area contributed by atoms with Crippen LogP contribution in [0.3, 0.4) is 0 Å². The van der Waals surface area contributed by atoms with Crippen molar-refractivity contribution in [3.63, 3.8) is 0 Å². The fourth-order valence-corrected chi connectivity index (χ4v) is 2.97. The van der Waals surface area contributed by atoms with E-state index in [-0.39, 0.29) is 5.91 Å². The minimum Gasteiger partial charge on any atom is -0.496 e. The Balaban J connectivity index is 1.63. The molecule has 0 aromatic heterocycles. The summed E-state index contributed by atoms with van der Waals surface area (Å²) < 4.78 is 5.87. The highest BCUT2D eigenvalue weighted by molar-refractivity contribution is 9.10. The van der Waals surface area contributed by atoms with Gasteiger partial charge in [-0.1, -0.05) is 54.6 Å². The molecule has 0 saturated carbocycles. The number of hydrogen-bond acceptors (Lipinski definition) is 3. The van der Waals surface area contributed by atoms with Crippen molar-refractivity contribution in [3.8, 4) is 16.9 Å². The molecule has 0 unspecified atom stereocenters. The highest BCUT2D eigenvalue weighted by Crippen LogP contribution is 2.25. The third kappa shape index (κ3) is 4.37. The molecule has 130 valence electrons. The summed E-state index contributed by atoms with van der Waals surface area (Å²) in [6.45, 7) is 0. The first kappa shape index (κ1) is 17.9. The first-order valence-electron chi connectivity index (χ1n) is 8.00. The van der Waals surface area contributed by atoms with Crippen molar-refractivity contribution in [2.24, 2.45) is 5.10 Å². The standard InChI is InChI=1S/C21H17BrN2O2/c1-26-20-12-11-18(13-19(20)22)21(25)24-23-14-15-7-9-17(10-8-15)16-5-3-2-4-6-16/h2-14H,1H3,(H,24,25). The van der Waals surface area contributed by atoms with Crippen LogP contribution in [0.4, 0.5) is 0 Å². The SMILES string of the molecule is COc1ccc(C(=O)NN=Cc2ccc(-c3ccccc3)cc2)cc1Br. The average molecular weight is 409 g/mol. The number of methoxy groups -OCH3 is 1. The molecular weight excluding hydrogens is 392 g/mol. The molecule has 0 bridgehead atoms. The van der Waals surface area contributed by atoms with Gasteiger partial charge in [0.2, 0.25) is 0 Å². The number of halogens is 1. The van der Waals surface area contributed by atoms with Gasteiger partial charge in [-0.3, -0.25) is 4.79 Å². The van der Waals surface area contributed by atoms with Gasteiger partial charge in [-0.05, 0) is 50.8 Å². The van der Waals surface area contributed by atoms with Gasteiger partial charge in [0.15, 0.2) is 0 Å². The summed E-state index contributed by atoms with van der Waals surface area (Å²) in [5, 5.41) is 4.02. The van der Waals surface area contributed by atoms with Crippen LogP contribution in [-0.2, 0) is 0 Å². The molecule has 0 atom stereocenters. The van der Waals surface area contributed by atoms with Crippen molar-refractivity contribution in [2.75, 3.05) is 7.11 Å². The highest BCUT2D eigenvalue weighted by Gasteiger charge is 2.07. The number of carbonyl (C=O) groups is 1. The molecular formula is C21H17BrN2O2. The van der Waals surface area contributed by atoms with E-state index in [1.54, 1.807) is 31.5 Å². The van der Waals surface area contributed by atoms with Crippen LogP contribution < -0.4 is 10.2 Å². The van der Waals surface area contributed by atoms with E-state index in [4.69, 9.17) is 4.74 Å². The van der Waals surface area contributed by atoms with Crippen LogP contribution in [0.25, 0.3) is 11.1 Å². The fraction of sp³-hybridized carbons (Fsp3) is 0.0476. The number of carbonyl (C=O) groups excluding carboxylic acids is 1. The van der Waals surface area contributed by atoms with E-state index in [2.05, 4.69) is 38.6 Å². The molecule has 26 heavy (non-hydrogen) atoms. The van der Waals surface area contributed by atoms with Crippen LogP contribution in [0.15, 0.2) is 82.4 Å². The van der Waals surface area contributed by atoms with Gasteiger partial charge in [0, 0.05) is 5.56 Å². The zero-order chi connectivity index (χ0) is 18.4. The number of rotatable bonds is 5. The topological polar surface area (TPSA) is 50.7 Å². The smallest absolute Gasteiger partial charge is 0.271 e. The third-order valence-electron chi connectivity index (χ3n) is 3.81. The maximum absolute atomic E-state index is 12.1. The van der Waals surface area contributed by atoms with Gasteiger partial charge in [-0.25, -0.2) is 5.43 Å².